The van der Waals surface area contributed by atoms with Gasteiger partial charge in [0.1, 0.15) is 17.6 Å². The van der Waals surface area contributed by atoms with Crippen molar-refractivity contribution in [1.82, 2.24) is 0 Å². The highest BCUT2D eigenvalue weighted by atomic mass is 19.4. The number of anilines is 1. The number of amides is 1. The number of alkyl halides is 3. The minimum absolute atomic E-state index is 0.132. The van der Waals surface area contributed by atoms with Gasteiger partial charge in [0, 0.05) is 11.3 Å². The van der Waals surface area contributed by atoms with Crippen LogP contribution in [0.4, 0.5) is 18.9 Å². The number of carbonyl (C=O) groups excluding carboxylic acids is 2. The fraction of sp³-hybridized carbons (Fsp3) is 0.259. The van der Waals surface area contributed by atoms with Crippen molar-refractivity contribution < 1.29 is 32.3 Å². The summed E-state index contributed by atoms with van der Waals surface area (Å²) in [5.41, 5.74) is 0.303. The molecule has 182 valence electrons. The Hall–Kier alpha value is -3.81. The molecule has 1 N–H and O–H groups in total. The van der Waals surface area contributed by atoms with Gasteiger partial charge in [0.2, 0.25) is 0 Å². The van der Waals surface area contributed by atoms with E-state index in [9.17, 15) is 27.9 Å². The molecule has 3 aromatic rings. The van der Waals surface area contributed by atoms with E-state index in [1.807, 2.05) is 26.8 Å². The monoisotopic (exact) mass is 483 g/mol. The lowest BCUT2D eigenvalue weighted by Gasteiger charge is -2.24. The summed E-state index contributed by atoms with van der Waals surface area (Å²) < 4.78 is 45.6. The number of ketones is 1. The molecule has 1 unspecified atom stereocenters. The molecule has 1 saturated heterocycles. The van der Waals surface area contributed by atoms with Crippen LogP contribution in [0.15, 0.2) is 70.9 Å². The van der Waals surface area contributed by atoms with Gasteiger partial charge < -0.3 is 9.52 Å². The molecule has 0 aliphatic carbocycles. The number of nitrogens with zero attached hydrogens (tertiary/aromatic N) is 1. The van der Waals surface area contributed by atoms with Gasteiger partial charge in [-0.25, -0.2) is 0 Å². The predicted molar refractivity (Wildman–Crippen MR) is 125 cm³/mol. The van der Waals surface area contributed by atoms with E-state index in [4.69, 9.17) is 4.42 Å². The maximum atomic E-state index is 13.4. The lowest BCUT2D eigenvalue weighted by molar-refractivity contribution is -0.137. The minimum atomic E-state index is -4.64. The Labute approximate surface area is 200 Å². The van der Waals surface area contributed by atoms with Gasteiger partial charge in [-0.2, -0.15) is 13.2 Å². The maximum absolute atomic E-state index is 13.4. The van der Waals surface area contributed by atoms with Crippen LogP contribution < -0.4 is 4.90 Å². The molecule has 2 aromatic carbocycles. The van der Waals surface area contributed by atoms with Gasteiger partial charge in [0.25, 0.3) is 11.7 Å². The largest absolute Gasteiger partial charge is 0.507 e. The van der Waals surface area contributed by atoms with Crippen LogP contribution >= 0.6 is 0 Å². The molecule has 1 aliphatic heterocycles. The van der Waals surface area contributed by atoms with Crippen molar-refractivity contribution in [1.29, 1.82) is 0 Å². The summed E-state index contributed by atoms with van der Waals surface area (Å²) in [5, 5.41) is 11.4. The lowest BCUT2D eigenvalue weighted by Crippen LogP contribution is -2.29. The van der Waals surface area contributed by atoms with Crippen LogP contribution in [-0.2, 0) is 21.2 Å². The second kappa shape index (κ2) is 8.45. The zero-order valence-electron chi connectivity index (χ0n) is 19.6. The average Bonchev–Trinajstić information content (AvgIpc) is 3.39. The highest BCUT2D eigenvalue weighted by Crippen LogP contribution is 2.44. The summed E-state index contributed by atoms with van der Waals surface area (Å²) in [4.78, 5) is 27.3. The van der Waals surface area contributed by atoms with E-state index in [1.54, 1.807) is 19.1 Å². The van der Waals surface area contributed by atoms with Crippen molar-refractivity contribution in [3.05, 3.63) is 94.4 Å². The number of carbonyl (C=O) groups is 2. The molecular formula is C27H24F3NO4. The molecule has 0 spiro atoms. The first-order valence-corrected chi connectivity index (χ1v) is 10.9. The summed E-state index contributed by atoms with van der Waals surface area (Å²) in [6.45, 7) is 7.75. The molecule has 0 saturated carbocycles. The number of Topliss-reactive ketones (excluding diaryl/α,β-unsaturated/α-hetero) is 1. The Morgan fingerprint density at radius 1 is 0.971 bits per heavy atom. The van der Waals surface area contributed by atoms with Gasteiger partial charge in [-0.15, -0.1) is 0 Å². The molecule has 1 atom stereocenters. The van der Waals surface area contributed by atoms with Crippen molar-refractivity contribution in [2.75, 3.05) is 4.90 Å². The number of halogens is 3. The first-order valence-electron chi connectivity index (χ1n) is 10.9. The standard InChI is InChI=1S/C27H24F3NO4/c1-15-10-11-16(26(2,3)4)14-19(15)23(32)21-22(20-9-6-12-35-20)31(25(34)24(21)33)18-8-5-7-17(13-18)27(28,29)30/h5-14,22,32H,1-4H3/b23-21+. The fourth-order valence-corrected chi connectivity index (χ4v) is 4.14. The molecule has 5 nitrogen and oxygen atoms in total. The molecule has 8 heteroatoms. The first kappa shape index (κ1) is 24.3. The maximum Gasteiger partial charge on any atom is 0.416 e. The number of rotatable bonds is 3. The normalized spacial score (nSPS) is 18.4. The van der Waals surface area contributed by atoms with Crippen LogP contribution in [0.5, 0.6) is 0 Å². The molecule has 0 radical (unpaired) electrons. The van der Waals surface area contributed by atoms with E-state index < -0.39 is 35.2 Å². The van der Waals surface area contributed by atoms with E-state index in [2.05, 4.69) is 0 Å². The van der Waals surface area contributed by atoms with Gasteiger partial charge in [-0.1, -0.05) is 39.0 Å². The third kappa shape index (κ3) is 4.36. The van der Waals surface area contributed by atoms with E-state index in [1.165, 1.54) is 24.5 Å². The summed E-state index contributed by atoms with van der Waals surface area (Å²) in [5.74, 6) is -2.35. The Bertz CT molecular complexity index is 1330. The molecule has 1 aliphatic rings. The third-order valence-corrected chi connectivity index (χ3v) is 6.07. The molecular weight excluding hydrogens is 459 g/mol. The number of benzene rings is 2. The molecule has 2 heterocycles. The Kier molecular flexibility index (Phi) is 5.87. The molecule has 0 bridgehead atoms. The van der Waals surface area contributed by atoms with E-state index in [0.717, 1.165) is 28.7 Å². The van der Waals surface area contributed by atoms with Crippen LogP contribution in [0.2, 0.25) is 0 Å². The van der Waals surface area contributed by atoms with Gasteiger partial charge >= 0.3 is 6.18 Å². The van der Waals surface area contributed by atoms with Crippen LogP contribution in [0.1, 0.15) is 54.8 Å². The van der Waals surface area contributed by atoms with Crippen LogP contribution in [-0.4, -0.2) is 16.8 Å². The zero-order chi connectivity index (χ0) is 25.7. The van der Waals surface area contributed by atoms with Gasteiger partial charge in [-0.05, 0) is 59.9 Å². The number of hydrogen-bond acceptors (Lipinski definition) is 4. The fourth-order valence-electron chi connectivity index (χ4n) is 4.14. The number of aryl methyl sites for hydroxylation is 1. The SMILES string of the molecule is Cc1ccc(C(C)(C)C)cc1/C(O)=C1\C(=O)C(=O)N(c2cccc(C(F)(F)F)c2)C1c1ccco1. The second-order valence-electron chi connectivity index (χ2n) is 9.51. The second-order valence-corrected chi connectivity index (χ2v) is 9.51. The van der Waals surface area contributed by atoms with E-state index >= 15 is 0 Å². The minimum Gasteiger partial charge on any atom is -0.507 e. The van der Waals surface area contributed by atoms with Crippen molar-refractivity contribution >= 4 is 23.1 Å². The van der Waals surface area contributed by atoms with E-state index in [0.29, 0.717) is 11.1 Å². The Morgan fingerprint density at radius 3 is 2.29 bits per heavy atom. The van der Waals surface area contributed by atoms with Crippen molar-refractivity contribution in [2.45, 2.75) is 45.3 Å². The van der Waals surface area contributed by atoms with Crippen LogP contribution in [0, 0.1) is 6.92 Å². The Balaban J connectivity index is 1.95. The highest BCUT2D eigenvalue weighted by molar-refractivity contribution is 6.51. The summed E-state index contributed by atoms with van der Waals surface area (Å²) >= 11 is 0. The molecule has 1 amide bonds. The summed E-state index contributed by atoms with van der Waals surface area (Å²) in [6.07, 6.45) is -3.32. The van der Waals surface area contributed by atoms with Crippen LogP contribution in [0.25, 0.3) is 5.76 Å². The number of aliphatic hydroxyl groups excluding tert-OH is 1. The number of hydrogen-bond donors (Lipinski definition) is 1. The van der Waals surface area contributed by atoms with Gasteiger partial charge in [-0.3, -0.25) is 14.5 Å². The van der Waals surface area contributed by atoms with Crippen molar-refractivity contribution in [3.8, 4) is 0 Å². The molecule has 1 fully saturated rings. The predicted octanol–water partition coefficient (Wildman–Crippen LogP) is 6.53. The van der Waals surface area contributed by atoms with Crippen LogP contribution in [0.3, 0.4) is 0 Å². The molecule has 4 rings (SSSR count). The number of furan rings is 1. The van der Waals surface area contributed by atoms with Crippen molar-refractivity contribution in [3.63, 3.8) is 0 Å². The topological polar surface area (TPSA) is 70.8 Å². The summed E-state index contributed by atoms with van der Waals surface area (Å²) in [6, 6.07) is 11.4. The Morgan fingerprint density at radius 2 is 1.69 bits per heavy atom. The smallest absolute Gasteiger partial charge is 0.416 e. The molecule has 35 heavy (non-hydrogen) atoms. The van der Waals surface area contributed by atoms with E-state index in [-0.39, 0.29) is 22.4 Å². The third-order valence-electron chi connectivity index (χ3n) is 6.07. The van der Waals surface area contributed by atoms with Crippen molar-refractivity contribution in [2.24, 2.45) is 0 Å². The average molecular weight is 483 g/mol. The lowest BCUT2D eigenvalue weighted by atomic mass is 9.84. The zero-order valence-corrected chi connectivity index (χ0v) is 19.6. The number of aliphatic hydroxyl groups is 1. The van der Waals surface area contributed by atoms with Gasteiger partial charge in [0.15, 0.2) is 0 Å². The quantitative estimate of drug-likeness (QED) is 0.261. The molecule has 1 aromatic heterocycles. The van der Waals surface area contributed by atoms with Gasteiger partial charge in [0.05, 0.1) is 17.4 Å². The highest BCUT2D eigenvalue weighted by Gasteiger charge is 2.49. The first-order chi connectivity index (χ1) is 16.3. The summed E-state index contributed by atoms with van der Waals surface area (Å²) in [7, 11) is 0.